The maximum atomic E-state index is 11.9. The Kier molecular flexibility index (Phi) is 5.36. The molecule has 1 heterocycles. The average Bonchev–Trinajstić information content (AvgIpc) is 2.88. The van der Waals surface area contributed by atoms with E-state index in [-0.39, 0.29) is 10.1 Å². The Morgan fingerprint density at radius 2 is 1.86 bits per heavy atom. The standard InChI is InChI=1S/C13H13IN2O3S2/c14-10-3-1-9(2-4-10)13(17)16-8-7-11-5-6-12(20-11)21(15,18)19/h1-6H,7-8H2,(H,16,17)(H2,15,18,19). The van der Waals surface area contributed by atoms with Crippen LogP contribution in [0.25, 0.3) is 0 Å². The third-order valence-corrected chi connectivity index (χ3v) is 5.98. The number of amides is 1. The van der Waals surface area contributed by atoms with Gasteiger partial charge in [0.05, 0.1) is 0 Å². The first-order valence-electron chi connectivity index (χ1n) is 6.01. The van der Waals surface area contributed by atoms with E-state index in [1.54, 1.807) is 18.2 Å². The van der Waals surface area contributed by atoms with E-state index in [9.17, 15) is 13.2 Å². The van der Waals surface area contributed by atoms with Gasteiger partial charge in [-0.3, -0.25) is 4.79 Å². The fourth-order valence-corrected chi connectivity index (χ4v) is 3.79. The van der Waals surface area contributed by atoms with Crippen LogP contribution in [0.4, 0.5) is 0 Å². The Morgan fingerprint density at radius 1 is 1.19 bits per heavy atom. The van der Waals surface area contributed by atoms with Crippen molar-refractivity contribution in [1.29, 1.82) is 0 Å². The van der Waals surface area contributed by atoms with Crippen molar-refractivity contribution in [1.82, 2.24) is 5.32 Å². The zero-order valence-corrected chi connectivity index (χ0v) is 14.7. The van der Waals surface area contributed by atoms with Gasteiger partial charge in [-0.15, -0.1) is 11.3 Å². The van der Waals surface area contributed by atoms with Gasteiger partial charge in [-0.2, -0.15) is 0 Å². The molecule has 5 nitrogen and oxygen atoms in total. The van der Waals surface area contributed by atoms with E-state index in [1.807, 2.05) is 12.1 Å². The number of thiophene rings is 1. The summed E-state index contributed by atoms with van der Waals surface area (Å²) in [5.41, 5.74) is 0.604. The SMILES string of the molecule is NS(=O)(=O)c1ccc(CCNC(=O)c2ccc(I)cc2)s1. The lowest BCUT2D eigenvalue weighted by molar-refractivity contribution is 0.0954. The van der Waals surface area contributed by atoms with Crippen LogP contribution in [0.3, 0.4) is 0 Å². The summed E-state index contributed by atoms with van der Waals surface area (Å²) in [4.78, 5) is 12.7. The van der Waals surface area contributed by atoms with Crippen molar-refractivity contribution in [3.63, 3.8) is 0 Å². The number of hydrogen-bond acceptors (Lipinski definition) is 4. The molecule has 2 rings (SSSR count). The summed E-state index contributed by atoms with van der Waals surface area (Å²) in [7, 11) is -3.64. The molecule has 0 saturated heterocycles. The van der Waals surface area contributed by atoms with E-state index < -0.39 is 10.0 Å². The van der Waals surface area contributed by atoms with Gasteiger partial charge in [0.2, 0.25) is 10.0 Å². The van der Waals surface area contributed by atoms with E-state index >= 15 is 0 Å². The van der Waals surface area contributed by atoms with Gasteiger partial charge in [-0.25, -0.2) is 13.6 Å². The highest BCUT2D eigenvalue weighted by Gasteiger charge is 2.11. The second-order valence-corrected chi connectivity index (χ2v) is 8.48. The molecule has 0 unspecified atom stereocenters. The Bertz CT molecular complexity index is 739. The van der Waals surface area contributed by atoms with E-state index in [2.05, 4.69) is 27.9 Å². The molecule has 0 saturated carbocycles. The van der Waals surface area contributed by atoms with Crippen LogP contribution in [0.15, 0.2) is 40.6 Å². The predicted molar refractivity (Wildman–Crippen MR) is 90.9 cm³/mol. The van der Waals surface area contributed by atoms with Crippen LogP contribution in [0.1, 0.15) is 15.2 Å². The topological polar surface area (TPSA) is 89.3 Å². The molecule has 2 aromatic rings. The highest BCUT2D eigenvalue weighted by Crippen LogP contribution is 2.20. The first-order chi connectivity index (χ1) is 9.86. The molecule has 0 spiro atoms. The number of hydrogen-bond donors (Lipinski definition) is 2. The van der Waals surface area contributed by atoms with Crippen LogP contribution in [-0.2, 0) is 16.4 Å². The fraction of sp³-hybridized carbons (Fsp3) is 0.154. The minimum Gasteiger partial charge on any atom is -0.352 e. The van der Waals surface area contributed by atoms with Gasteiger partial charge in [0.15, 0.2) is 0 Å². The van der Waals surface area contributed by atoms with E-state index in [1.165, 1.54) is 6.07 Å². The zero-order chi connectivity index (χ0) is 15.5. The van der Waals surface area contributed by atoms with Crippen LogP contribution in [0, 0.1) is 3.57 Å². The van der Waals surface area contributed by atoms with Crippen molar-refractivity contribution >= 4 is 49.9 Å². The first-order valence-corrected chi connectivity index (χ1v) is 9.46. The predicted octanol–water partition coefficient (Wildman–Crippen LogP) is 1.97. The minimum absolute atomic E-state index is 0.140. The molecule has 0 aliphatic heterocycles. The average molecular weight is 436 g/mol. The summed E-state index contributed by atoms with van der Waals surface area (Å²) in [5.74, 6) is -0.144. The van der Waals surface area contributed by atoms with Gasteiger partial charge >= 0.3 is 0 Å². The number of primary sulfonamides is 1. The van der Waals surface area contributed by atoms with Crippen LogP contribution >= 0.6 is 33.9 Å². The normalized spacial score (nSPS) is 11.3. The molecule has 0 aliphatic carbocycles. The number of rotatable bonds is 5. The van der Waals surface area contributed by atoms with Crippen LogP contribution < -0.4 is 10.5 Å². The molecule has 112 valence electrons. The van der Waals surface area contributed by atoms with Crippen LogP contribution in [0.2, 0.25) is 0 Å². The molecule has 0 aliphatic rings. The smallest absolute Gasteiger partial charge is 0.251 e. The number of benzene rings is 1. The highest BCUT2D eigenvalue weighted by molar-refractivity contribution is 14.1. The van der Waals surface area contributed by atoms with Crippen molar-refractivity contribution in [2.24, 2.45) is 5.14 Å². The first kappa shape index (κ1) is 16.4. The fourth-order valence-electron chi connectivity index (χ4n) is 1.65. The largest absolute Gasteiger partial charge is 0.352 e. The molecule has 1 amide bonds. The molecular weight excluding hydrogens is 423 g/mol. The van der Waals surface area contributed by atoms with Gasteiger partial charge in [0, 0.05) is 20.6 Å². The lowest BCUT2D eigenvalue weighted by atomic mass is 10.2. The number of halogens is 1. The Labute approximate surface area is 140 Å². The Balaban J connectivity index is 1.88. The van der Waals surface area contributed by atoms with Crippen molar-refractivity contribution in [3.8, 4) is 0 Å². The second kappa shape index (κ2) is 6.86. The summed E-state index contributed by atoms with van der Waals surface area (Å²) in [6.07, 6.45) is 0.566. The van der Waals surface area contributed by atoms with Crippen molar-refractivity contribution in [2.45, 2.75) is 10.6 Å². The maximum absolute atomic E-state index is 11.9. The number of nitrogens with one attached hydrogen (secondary N) is 1. The molecular formula is C13H13IN2O3S2. The van der Waals surface area contributed by atoms with Crippen molar-refractivity contribution in [3.05, 3.63) is 50.4 Å². The molecule has 0 atom stereocenters. The number of carbonyl (C=O) groups is 1. The highest BCUT2D eigenvalue weighted by atomic mass is 127. The molecule has 3 N–H and O–H groups in total. The summed E-state index contributed by atoms with van der Waals surface area (Å²) in [5, 5.41) is 7.85. The third-order valence-electron chi connectivity index (χ3n) is 2.68. The minimum atomic E-state index is -3.64. The van der Waals surface area contributed by atoms with Gasteiger partial charge in [0.25, 0.3) is 5.91 Å². The van der Waals surface area contributed by atoms with E-state index in [0.29, 0.717) is 18.5 Å². The maximum Gasteiger partial charge on any atom is 0.251 e. The zero-order valence-electron chi connectivity index (χ0n) is 10.9. The number of sulfonamides is 1. The Morgan fingerprint density at radius 3 is 2.43 bits per heavy atom. The molecule has 8 heteroatoms. The van der Waals surface area contributed by atoms with Gasteiger partial charge in [0.1, 0.15) is 4.21 Å². The van der Waals surface area contributed by atoms with E-state index in [4.69, 9.17) is 5.14 Å². The summed E-state index contributed by atoms with van der Waals surface area (Å²) < 4.78 is 23.5. The third kappa shape index (κ3) is 4.77. The summed E-state index contributed by atoms with van der Waals surface area (Å²) in [6, 6.07) is 10.5. The lowest BCUT2D eigenvalue weighted by Gasteiger charge is -2.04. The Hall–Kier alpha value is -0.970. The molecule has 1 aromatic heterocycles. The van der Waals surface area contributed by atoms with Crippen LogP contribution in [-0.4, -0.2) is 20.9 Å². The quantitative estimate of drug-likeness (QED) is 0.703. The van der Waals surface area contributed by atoms with Crippen molar-refractivity contribution < 1.29 is 13.2 Å². The van der Waals surface area contributed by atoms with E-state index in [0.717, 1.165) is 19.8 Å². The van der Waals surface area contributed by atoms with Gasteiger partial charge in [-0.05, 0) is 65.4 Å². The number of carbonyl (C=O) groups excluding carboxylic acids is 1. The van der Waals surface area contributed by atoms with Gasteiger partial charge in [-0.1, -0.05) is 0 Å². The molecule has 21 heavy (non-hydrogen) atoms. The van der Waals surface area contributed by atoms with Crippen LogP contribution in [0.5, 0.6) is 0 Å². The molecule has 0 radical (unpaired) electrons. The van der Waals surface area contributed by atoms with Crippen molar-refractivity contribution in [2.75, 3.05) is 6.54 Å². The van der Waals surface area contributed by atoms with Gasteiger partial charge < -0.3 is 5.32 Å². The number of nitrogens with two attached hydrogens (primary N) is 1. The second-order valence-electron chi connectivity index (χ2n) is 4.28. The molecule has 1 aromatic carbocycles. The summed E-state index contributed by atoms with van der Waals surface area (Å²) >= 11 is 3.30. The molecule has 0 bridgehead atoms. The monoisotopic (exact) mass is 436 g/mol. The summed E-state index contributed by atoms with van der Waals surface area (Å²) in [6.45, 7) is 0.440. The lowest BCUT2D eigenvalue weighted by Crippen LogP contribution is -2.25. The molecule has 0 fully saturated rings.